The van der Waals surface area contributed by atoms with Gasteiger partial charge in [0.25, 0.3) is 0 Å². The Labute approximate surface area is 115 Å². The maximum atomic E-state index is 11.4. The number of amides is 1. The maximum absolute atomic E-state index is 11.4. The van der Waals surface area contributed by atoms with Gasteiger partial charge in [-0.05, 0) is 45.2 Å². The fourth-order valence-corrected chi connectivity index (χ4v) is 2.75. The summed E-state index contributed by atoms with van der Waals surface area (Å²) in [6, 6.07) is 0.114. The van der Waals surface area contributed by atoms with Crippen LogP contribution in [0.1, 0.15) is 39.5 Å². The van der Waals surface area contributed by atoms with Crippen LogP contribution in [0.15, 0.2) is 0 Å². The second-order valence-corrected chi connectivity index (χ2v) is 5.89. The molecule has 1 heterocycles. The van der Waals surface area contributed by atoms with E-state index in [2.05, 4.69) is 29.8 Å². The lowest BCUT2D eigenvalue weighted by atomic mass is 10.0. The standard InChI is InChI=1S/C13H24N2O2S/c1-10(9-15-5-3-4-6-15)7-11(2)14-12(16)8-13(17)18/h10-11H,3-9H2,1-2H3,(H,14,16)(H,17,18). The lowest BCUT2D eigenvalue weighted by molar-refractivity contribution is -0.125. The normalized spacial score (nSPS) is 19.5. The highest BCUT2D eigenvalue weighted by Gasteiger charge is 2.17. The van der Waals surface area contributed by atoms with Crippen molar-refractivity contribution in [2.45, 2.75) is 45.6 Å². The van der Waals surface area contributed by atoms with Gasteiger partial charge in [0.05, 0.1) is 6.42 Å². The highest BCUT2D eigenvalue weighted by atomic mass is 32.1. The molecule has 1 aliphatic heterocycles. The SMILES string of the molecule is CC(CC(C)NC(=O)CC(=O)S)CN1CCCC1. The van der Waals surface area contributed by atoms with Crippen LogP contribution in [0.5, 0.6) is 0 Å². The molecule has 1 amide bonds. The number of rotatable bonds is 7. The summed E-state index contributed by atoms with van der Waals surface area (Å²) in [7, 11) is 0. The first-order chi connectivity index (χ1) is 8.47. The number of hydrogen-bond donors (Lipinski definition) is 2. The second kappa shape index (κ2) is 7.79. The number of carbonyl (C=O) groups is 2. The Morgan fingerprint density at radius 2 is 1.89 bits per heavy atom. The summed E-state index contributed by atoms with van der Waals surface area (Å²) in [6.07, 6.45) is 3.43. The van der Waals surface area contributed by atoms with Crippen LogP contribution in [0.25, 0.3) is 0 Å². The lowest BCUT2D eigenvalue weighted by Gasteiger charge is -2.23. The Morgan fingerprint density at radius 1 is 1.28 bits per heavy atom. The molecule has 0 aromatic rings. The topological polar surface area (TPSA) is 49.4 Å². The largest absolute Gasteiger partial charge is 0.353 e. The van der Waals surface area contributed by atoms with Gasteiger partial charge in [-0.15, -0.1) is 12.6 Å². The van der Waals surface area contributed by atoms with Crippen LogP contribution in [0.4, 0.5) is 0 Å². The molecule has 4 nitrogen and oxygen atoms in total. The van der Waals surface area contributed by atoms with Crippen LogP contribution < -0.4 is 5.32 Å². The van der Waals surface area contributed by atoms with Gasteiger partial charge in [-0.1, -0.05) is 6.92 Å². The molecule has 1 aliphatic rings. The number of hydrogen-bond acceptors (Lipinski definition) is 3. The average Bonchev–Trinajstić information content (AvgIpc) is 2.67. The Morgan fingerprint density at radius 3 is 2.44 bits per heavy atom. The molecule has 0 bridgehead atoms. The van der Waals surface area contributed by atoms with E-state index in [1.165, 1.54) is 25.9 Å². The molecular weight excluding hydrogens is 248 g/mol. The Bertz CT molecular complexity index is 291. The van der Waals surface area contributed by atoms with Crippen molar-refractivity contribution >= 4 is 23.7 Å². The summed E-state index contributed by atoms with van der Waals surface area (Å²) in [4.78, 5) is 24.6. The van der Waals surface area contributed by atoms with Gasteiger partial charge in [-0.25, -0.2) is 0 Å². The summed E-state index contributed by atoms with van der Waals surface area (Å²) in [5, 5.41) is 2.46. The van der Waals surface area contributed by atoms with Gasteiger partial charge < -0.3 is 10.2 Å². The van der Waals surface area contributed by atoms with E-state index < -0.39 is 0 Å². The minimum atomic E-state index is -0.384. The first-order valence-electron chi connectivity index (χ1n) is 6.71. The number of nitrogens with zero attached hydrogens (tertiary/aromatic N) is 1. The van der Waals surface area contributed by atoms with Crippen molar-refractivity contribution in [3.05, 3.63) is 0 Å². The second-order valence-electron chi connectivity index (χ2n) is 5.39. The van der Waals surface area contributed by atoms with E-state index in [4.69, 9.17) is 0 Å². The van der Waals surface area contributed by atoms with Crippen LogP contribution in [0.3, 0.4) is 0 Å². The van der Waals surface area contributed by atoms with E-state index in [1.54, 1.807) is 0 Å². The molecule has 2 unspecified atom stereocenters. The van der Waals surface area contributed by atoms with Crippen molar-refractivity contribution in [3.8, 4) is 0 Å². The van der Waals surface area contributed by atoms with E-state index in [0.29, 0.717) is 5.92 Å². The molecule has 0 aliphatic carbocycles. The zero-order valence-electron chi connectivity index (χ0n) is 11.3. The summed E-state index contributed by atoms with van der Waals surface area (Å²) < 4.78 is 0. The summed E-state index contributed by atoms with van der Waals surface area (Å²) in [6.45, 7) is 7.72. The maximum Gasteiger partial charge on any atom is 0.228 e. The van der Waals surface area contributed by atoms with Gasteiger partial charge in [0.15, 0.2) is 5.12 Å². The van der Waals surface area contributed by atoms with Gasteiger partial charge in [-0.2, -0.15) is 0 Å². The van der Waals surface area contributed by atoms with Gasteiger partial charge in [0.2, 0.25) is 5.91 Å². The molecule has 5 heteroatoms. The quantitative estimate of drug-likeness (QED) is 0.545. The monoisotopic (exact) mass is 272 g/mol. The first kappa shape index (κ1) is 15.5. The van der Waals surface area contributed by atoms with Crippen LogP contribution in [0.2, 0.25) is 0 Å². The molecule has 104 valence electrons. The Kier molecular flexibility index (Phi) is 6.71. The third-order valence-electron chi connectivity index (χ3n) is 3.24. The fraction of sp³-hybridized carbons (Fsp3) is 0.846. The molecule has 2 atom stereocenters. The van der Waals surface area contributed by atoms with Crippen molar-refractivity contribution in [1.82, 2.24) is 10.2 Å². The summed E-state index contributed by atoms with van der Waals surface area (Å²) >= 11 is 3.60. The predicted molar refractivity (Wildman–Crippen MR) is 75.7 cm³/mol. The molecule has 0 radical (unpaired) electrons. The van der Waals surface area contributed by atoms with Crippen molar-refractivity contribution in [2.75, 3.05) is 19.6 Å². The zero-order valence-corrected chi connectivity index (χ0v) is 12.2. The molecule has 1 rings (SSSR count). The molecule has 0 aromatic heterocycles. The fourth-order valence-electron chi connectivity index (χ4n) is 2.61. The minimum Gasteiger partial charge on any atom is -0.353 e. The first-order valence-corrected chi connectivity index (χ1v) is 7.15. The number of thiol groups is 1. The molecule has 1 fully saturated rings. The lowest BCUT2D eigenvalue weighted by Crippen LogP contribution is -2.36. The molecule has 1 N–H and O–H groups in total. The van der Waals surface area contributed by atoms with Crippen molar-refractivity contribution in [2.24, 2.45) is 5.92 Å². The van der Waals surface area contributed by atoms with Crippen LogP contribution >= 0.6 is 12.6 Å². The van der Waals surface area contributed by atoms with E-state index in [1.807, 2.05) is 6.92 Å². The Hall–Kier alpha value is -0.550. The van der Waals surface area contributed by atoms with Crippen LogP contribution in [-0.4, -0.2) is 41.6 Å². The van der Waals surface area contributed by atoms with Crippen molar-refractivity contribution < 1.29 is 9.59 Å². The van der Waals surface area contributed by atoms with Crippen LogP contribution in [0, 0.1) is 5.92 Å². The number of carbonyl (C=O) groups excluding carboxylic acids is 2. The third-order valence-corrected chi connectivity index (χ3v) is 3.40. The molecule has 18 heavy (non-hydrogen) atoms. The van der Waals surface area contributed by atoms with Crippen molar-refractivity contribution in [1.29, 1.82) is 0 Å². The molecule has 0 spiro atoms. The summed E-state index contributed by atoms with van der Waals surface area (Å²) in [5.41, 5.74) is 0. The van der Waals surface area contributed by atoms with Gasteiger partial charge in [0.1, 0.15) is 0 Å². The average molecular weight is 272 g/mol. The highest BCUT2D eigenvalue weighted by molar-refractivity contribution is 7.96. The van der Waals surface area contributed by atoms with E-state index in [0.717, 1.165) is 13.0 Å². The number of nitrogens with one attached hydrogen (secondary N) is 1. The molecule has 0 saturated carbocycles. The Balaban J connectivity index is 2.19. The van der Waals surface area contributed by atoms with Crippen molar-refractivity contribution in [3.63, 3.8) is 0 Å². The van der Waals surface area contributed by atoms with E-state index in [-0.39, 0.29) is 23.5 Å². The predicted octanol–water partition coefficient (Wildman–Crippen LogP) is 1.46. The van der Waals surface area contributed by atoms with E-state index in [9.17, 15) is 9.59 Å². The summed E-state index contributed by atoms with van der Waals surface area (Å²) in [5.74, 6) is 0.334. The molecular formula is C13H24N2O2S. The minimum absolute atomic E-state index is 0.114. The van der Waals surface area contributed by atoms with E-state index >= 15 is 0 Å². The highest BCUT2D eigenvalue weighted by Crippen LogP contribution is 2.13. The molecule has 0 aromatic carbocycles. The van der Waals surface area contributed by atoms with Crippen LogP contribution in [-0.2, 0) is 9.59 Å². The van der Waals surface area contributed by atoms with Gasteiger partial charge in [0, 0.05) is 12.6 Å². The van der Waals surface area contributed by atoms with Gasteiger partial charge in [-0.3, -0.25) is 9.59 Å². The van der Waals surface area contributed by atoms with Gasteiger partial charge >= 0.3 is 0 Å². The molecule has 1 saturated heterocycles. The number of likely N-dealkylation sites (tertiary alicyclic amines) is 1. The zero-order chi connectivity index (χ0) is 13.5. The smallest absolute Gasteiger partial charge is 0.228 e. The third kappa shape index (κ3) is 6.40.